The number of aromatic nitrogens is 3. The Kier molecular flexibility index (Phi) is 3.74. The lowest BCUT2D eigenvalue weighted by molar-refractivity contribution is 0.671. The molecule has 3 rings (SSSR count). The number of halogens is 1. The fraction of sp³-hybridized carbons (Fsp3) is 0.312. The Morgan fingerprint density at radius 3 is 2.76 bits per heavy atom. The van der Waals surface area contributed by atoms with Crippen LogP contribution in [0.15, 0.2) is 30.5 Å². The van der Waals surface area contributed by atoms with Gasteiger partial charge in [-0.05, 0) is 31.0 Å². The molecule has 0 saturated carbocycles. The van der Waals surface area contributed by atoms with E-state index < -0.39 is 0 Å². The summed E-state index contributed by atoms with van der Waals surface area (Å²) in [6, 6.07) is 8.54. The smallest absolute Gasteiger partial charge is 0.0865 e. The summed E-state index contributed by atoms with van der Waals surface area (Å²) in [5.41, 5.74) is 4.45. The predicted molar refractivity (Wildman–Crippen MR) is 86.8 cm³/mol. The topological polar surface area (TPSA) is 34.8 Å². The van der Waals surface area contributed by atoms with Crippen LogP contribution < -0.4 is 5.32 Å². The molecule has 0 bridgehead atoms. The van der Waals surface area contributed by atoms with E-state index in [1.165, 1.54) is 16.5 Å². The van der Waals surface area contributed by atoms with Crippen LogP contribution in [0.2, 0.25) is 5.02 Å². The fourth-order valence-electron chi connectivity index (χ4n) is 2.82. The summed E-state index contributed by atoms with van der Waals surface area (Å²) in [4.78, 5) is 0. The average molecular weight is 303 g/mol. The first-order valence-electron chi connectivity index (χ1n) is 7.01. The van der Waals surface area contributed by atoms with Crippen LogP contribution in [0.4, 0.5) is 0 Å². The van der Waals surface area contributed by atoms with Crippen molar-refractivity contribution >= 4 is 22.5 Å². The number of benzene rings is 1. The van der Waals surface area contributed by atoms with Gasteiger partial charge in [-0.25, -0.2) is 0 Å². The van der Waals surface area contributed by atoms with Gasteiger partial charge in [-0.2, -0.15) is 5.10 Å². The molecule has 4 nitrogen and oxygen atoms in total. The van der Waals surface area contributed by atoms with Crippen LogP contribution in [0.25, 0.3) is 10.9 Å². The van der Waals surface area contributed by atoms with E-state index in [2.05, 4.69) is 45.4 Å². The largest absolute Gasteiger partial charge is 0.341 e. The van der Waals surface area contributed by atoms with Crippen molar-refractivity contribution in [1.29, 1.82) is 0 Å². The third kappa shape index (κ3) is 2.45. The third-order valence-corrected chi connectivity index (χ3v) is 4.31. The number of hydrogen-bond donors (Lipinski definition) is 1. The molecule has 3 aromatic rings. The van der Waals surface area contributed by atoms with E-state index in [0.717, 1.165) is 29.5 Å². The lowest BCUT2D eigenvalue weighted by Crippen LogP contribution is -2.09. The van der Waals surface area contributed by atoms with E-state index in [0.29, 0.717) is 0 Å². The second-order valence-corrected chi connectivity index (χ2v) is 5.68. The summed E-state index contributed by atoms with van der Waals surface area (Å²) < 4.78 is 4.11. The number of hydrogen-bond acceptors (Lipinski definition) is 2. The predicted octanol–water partition coefficient (Wildman–Crippen LogP) is 3.10. The number of rotatable bonds is 4. The van der Waals surface area contributed by atoms with E-state index in [1.54, 1.807) is 0 Å². The highest BCUT2D eigenvalue weighted by atomic mass is 35.5. The summed E-state index contributed by atoms with van der Waals surface area (Å²) in [5.74, 6) is 0. The minimum atomic E-state index is 0.723. The Hall–Kier alpha value is -1.78. The number of para-hydroxylation sites is 1. The normalized spacial score (nSPS) is 11.4. The average Bonchev–Trinajstić information content (AvgIpc) is 2.97. The molecule has 0 spiro atoms. The van der Waals surface area contributed by atoms with Crippen LogP contribution in [0.1, 0.15) is 17.0 Å². The first-order valence-corrected chi connectivity index (χ1v) is 7.39. The molecule has 0 amide bonds. The van der Waals surface area contributed by atoms with Crippen molar-refractivity contribution < 1.29 is 0 Å². The summed E-state index contributed by atoms with van der Waals surface area (Å²) in [5, 5.41) is 9.62. The highest BCUT2D eigenvalue weighted by molar-refractivity contribution is 6.31. The van der Waals surface area contributed by atoms with E-state index in [4.69, 9.17) is 11.6 Å². The van der Waals surface area contributed by atoms with Gasteiger partial charge in [-0.1, -0.05) is 29.8 Å². The molecule has 0 aliphatic carbocycles. The minimum Gasteiger partial charge on any atom is -0.341 e. The maximum Gasteiger partial charge on any atom is 0.0865 e. The summed E-state index contributed by atoms with van der Waals surface area (Å²) in [7, 11) is 3.90. The lowest BCUT2D eigenvalue weighted by atomic mass is 10.1. The molecule has 21 heavy (non-hydrogen) atoms. The molecule has 110 valence electrons. The van der Waals surface area contributed by atoms with Crippen molar-refractivity contribution in [2.75, 3.05) is 7.05 Å². The van der Waals surface area contributed by atoms with Gasteiger partial charge in [0.05, 0.1) is 28.5 Å². The Morgan fingerprint density at radius 2 is 2.10 bits per heavy atom. The van der Waals surface area contributed by atoms with Gasteiger partial charge in [-0.15, -0.1) is 0 Å². The van der Waals surface area contributed by atoms with Crippen LogP contribution in [0, 0.1) is 6.92 Å². The van der Waals surface area contributed by atoms with E-state index in [9.17, 15) is 0 Å². The van der Waals surface area contributed by atoms with E-state index in [1.807, 2.05) is 25.7 Å². The maximum atomic E-state index is 6.37. The second kappa shape index (κ2) is 5.54. The quantitative estimate of drug-likeness (QED) is 0.803. The monoisotopic (exact) mass is 302 g/mol. The summed E-state index contributed by atoms with van der Waals surface area (Å²) in [6.07, 6.45) is 2.11. The molecule has 2 heterocycles. The molecular formula is C16H19ClN4. The molecule has 0 saturated heterocycles. The van der Waals surface area contributed by atoms with Crippen molar-refractivity contribution in [2.24, 2.45) is 7.05 Å². The van der Waals surface area contributed by atoms with E-state index in [-0.39, 0.29) is 0 Å². The van der Waals surface area contributed by atoms with E-state index >= 15 is 0 Å². The van der Waals surface area contributed by atoms with Gasteiger partial charge in [0.1, 0.15) is 0 Å². The first-order chi connectivity index (χ1) is 10.1. The van der Waals surface area contributed by atoms with Crippen LogP contribution in [0.3, 0.4) is 0 Å². The molecule has 5 heteroatoms. The van der Waals surface area contributed by atoms with Gasteiger partial charge in [0.2, 0.25) is 0 Å². The fourth-order valence-corrected chi connectivity index (χ4v) is 3.04. The second-order valence-electron chi connectivity index (χ2n) is 5.30. The number of aryl methyl sites for hydroxylation is 2. The number of fused-ring (bicyclic) bond motifs is 1. The zero-order chi connectivity index (χ0) is 15.0. The molecule has 0 aliphatic heterocycles. The molecular weight excluding hydrogens is 284 g/mol. The molecule has 0 radical (unpaired) electrons. The zero-order valence-corrected chi connectivity index (χ0v) is 13.3. The van der Waals surface area contributed by atoms with Gasteiger partial charge >= 0.3 is 0 Å². The van der Waals surface area contributed by atoms with Gasteiger partial charge in [0, 0.05) is 19.8 Å². The highest BCUT2D eigenvalue weighted by Crippen LogP contribution is 2.25. The minimum absolute atomic E-state index is 0.723. The number of nitrogens with zero attached hydrogens (tertiary/aromatic N) is 3. The SMILES string of the molecule is CNCc1cccc2ccn(Cc3c(Cl)c(C)nn3C)c12. The summed E-state index contributed by atoms with van der Waals surface area (Å²) >= 11 is 6.37. The summed E-state index contributed by atoms with van der Waals surface area (Å²) in [6.45, 7) is 3.51. The molecule has 0 unspecified atom stereocenters. The van der Waals surface area contributed by atoms with Crippen LogP contribution >= 0.6 is 11.6 Å². The first kappa shape index (κ1) is 14.2. The van der Waals surface area contributed by atoms with Crippen molar-refractivity contribution in [3.05, 3.63) is 52.4 Å². The Labute approximate surface area is 129 Å². The van der Waals surface area contributed by atoms with Gasteiger partial charge < -0.3 is 9.88 Å². The molecule has 2 aromatic heterocycles. The molecule has 1 N–H and O–H groups in total. The van der Waals surface area contributed by atoms with Gasteiger partial charge in [-0.3, -0.25) is 4.68 Å². The zero-order valence-electron chi connectivity index (χ0n) is 12.5. The maximum absolute atomic E-state index is 6.37. The highest BCUT2D eigenvalue weighted by Gasteiger charge is 2.13. The van der Waals surface area contributed by atoms with Gasteiger partial charge in [0.25, 0.3) is 0 Å². The van der Waals surface area contributed by atoms with Crippen molar-refractivity contribution in [3.8, 4) is 0 Å². The lowest BCUT2D eigenvalue weighted by Gasteiger charge is -2.10. The standard InChI is InChI=1S/C16H19ClN4/c1-11-15(17)14(20(3)19-11)10-21-8-7-12-5-4-6-13(9-18-2)16(12)21/h4-8,18H,9-10H2,1-3H3. The number of nitrogens with one attached hydrogen (secondary N) is 1. The Bertz CT molecular complexity index is 785. The van der Waals surface area contributed by atoms with Crippen molar-refractivity contribution in [3.63, 3.8) is 0 Å². The molecule has 1 aromatic carbocycles. The van der Waals surface area contributed by atoms with Crippen molar-refractivity contribution in [2.45, 2.75) is 20.0 Å². The molecule has 0 atom stereocenters. The molecule has 0 fully saturated rings. The Balaban J connectivity index is 2.08. The van der Waals surface area contributed by atoms with Gasteiger partial charge in [0.15, 0.2) is 0 Å². The van der Waals surface area contributed by atoms with Crippen LogP contribution in [0.5, 0.6) is 0 Å². The Morgan fingerprint density at radius 1 is 1.29 bits per heavy atom. The van der Waals surface area contributed by atoms with Crippen LogP contribution in [-0.4, -0.2) is 21.4 Å². The van der Waals surface area contributed by atoms with Crippen LogP contribution in [-0.2, 0) is 20.1 Å². The third-order valence-electron chi connectivity index (χ3n) is 3.82. The molecule has 0 aliphatic rings. The van der Waals surface area contributed by atoms with Crippen molar-refractivity contribution in [1.82, 2.24) is 19.7 Å².